The smallest absolute Gasteiger partial charge is 0.347 e. The third kappa shape index (κ3) is 3.79. The van der Waals surface area contributed by atoms with Gasteiger partial charge >= 0.3 is 6.18 Å². The summed E-state index contributed by atoms with van der Waals surface area (Å²) in [5.74, 6) is 0.0297. The molecule has 1 unspecified atom stereocenters. The molecule has 0 N–H and O–H groups in total. The van der Waals surface area contributed by atoms with Gasteiger partial charge in [0, 0.05) is 31.6 Å². The highest BCUT2D eigenvalue weighted by molar-refractivity contribution is 7.13. The zero-order valence-corrected chi connectivity index (χ0v) is 13.6. The summed E-state index contributed by atoms with van der Waals surface area (Å²) in [5.41, 5.74) is -0.845. The Morgan fingerprint density at radius 3 is 2.57 bits per heavy atom. The lowest BCUT2D eigenvalue weighted by Crippen LogP contribution is -2.46. The molecule has 0 aromatic carbocycles. The van der Waals surface area contributed by atoms with Crippen molar-refractivity contribution in [1.82, 2.24) is 9.88 Å². The van der Waals surface area contributed by atoms with Crippen LogP contribution >= 0.6 is 11.3 Å². The standard InChI is InChI=1S/C15H20F3N3OS/c16-15(17,18)12-10-23-14(19-12)21-8-4-5-11(9-21)13(22)20-6-2-1-3-7-20/h10-11H,1-9H2. The summed E-state index contributed by atoms with van der Waals surface area (Å²) in [6, 6.07) is 0. The van der Waals surface area contributed by atoms with E-state index in [1.807, 2.05) is 9.80 Å². The lowest BCUT2D eigenvalue weighted by Gasteiger charge is -2.36. The topological polar surface area (TPSA) is 36.4 Å². The monoisotopic (exact) mass is 347 g/mol. The lowest BCUT2D eigenvalue weighted by atomic mass is 9.96. The minimum atomic E-state index is -4.41. The maximum absolute atomic E-state index is 12.7. The van der Waals surface area contributed by atoms with Crippen molar-refractivity contribution < 1.29 is 18.0 Å². The Morgan fingerprint density at radius 1 is 1.17 bits per heavy atom. The van der Waals surface area contributed by atoms with E-state index < -0.39 is 11.9 Å². The van der Waals surface area contributed by atoms with Crippen molar-refractivity contribution >= 4 is 22.4 Å². The number of piperidine rings is 2. The quantitative estimate of drug-likeness (QED) is 0.823. The van der Waals surface area contributed by atoms with Gasteiger partial charge in [0.15, 0.2) is 10.8 Å². The van der Waals surface area contributed by atoms with Crippen molar-refractivity contribution in [2.45, 2.75) is 38.3 Å². The largest absolute Gasteiger partial charge is 0.434 e. The molecule has 2 aliphatic rings. The van der Waals surface area contributed by atoms with Crippen molar-refractivity contribution in [2.75, 3.05) is 31.1 Å². The molecule has 1 amide bonds. The number of hydrogen-bond acceptors (Lipinski definition) is 4. The Bertz CT molecular complexity index is 554. The van der Waals surface area contributed by atoms with E-state index in [1.54, 1.807) is 0 Å². The summed E-state index contributed by atoms with van der Waals surface area (Å²) in [6.07, 6.45) is 0.467. The summed E-state index contributed by atoms with van der Waals surface area (Å²) in [4.78, 5) is 20.0. The van der Waals surface area contributed by atoms with Crippen LogP contribution in [0.5, 0.6) is 0 Å². The SMILES string of the molecule is O=C(C1CCCN(c2nc(C(F)(F)F)cs2)C1)N1CCCCC1. The lowest BCUT2D eigenvalue weighted by molar-refractivity contribution is -0.140. The van der Waals surface area contributed by atoms with Crippen LogP contribution in [0.15, 0.2) is 5.38 Å². The first-order valence-corrected chi connectivity index (χ1v) is 8.89. The second kappa shape index (κ2) is 6.67. The average molecular weight is 347 g/mol. The number of halogens is 3. The number of anilines is 1. The highest BCUT2D eigenvalue weighted by atomic mass is 32.1. The zero-order chi connectivity index (χ0) is 16.4. The van der Waals surface area contributed by atoms with Crippen molar-refractivity contribution in [3.8, 4) is 0 Å². The third-order valence-corrected chi connectivity index (χ3v) is 5.39. The molecule has 8 heteroatoms. The van der Waals surface area contributed by atoms with Crippen molar-refractivity contribution in [3.63, 3.8) is 0 Å². The van der Waals surface area contributed by atoms with Crippen LogP contribution in [0.2, 0.25) is 0 Å². The summed E-state index contributed by atoms with van der Waals surface area (Å²) >= 11 is 1.00. The van der Waals surface area contributed by atoms with Crippen LogP contribution in [0, 0.1) is 5.92 Å². The number of carbonyl (C=O) groups excluding carboxylic acids is 1. The van der Waals surface area contributed by atoms with E-state index in [9.17, 15) is 18.0 Å². The number of hydrogen-bond donors (Lipinski definition) is 0. The number of alkyl halides is 3. The molecule has 0 aliphatic carbocycles. The van der Waals surface area contributed by atoms with Crippen molar-refractivity contribution in [3.05, 3.63) is 11.1 Å². The van der Waals surface area contributed by atoms with Crippen molar-refractivity contribution in [2.24, 2.45) is 5.92 Å². The van der Waals surface area contributed by atoms with Crippen LogP contribution in [0.3, 0.4) is 0 Å². The molecule has 4 nitrogen and oxygen atoms in total. The summed E-state index contributed by atoms with van der Waals surface area (Å²) in [5, 5.41) is 1.42. The first-order chi connectivity index (χ1) is 10.9. The molecule has 2 fully saturated rings. The Balaban J connectivity index is 1.66. The Morgan fingerprint density at radius 2 is 1.91 bits per heavy atom. The van der Waals surface area contributed by atoms with Gasteiger partial charge in [-0.1, -0.05) is 0 Å². The highest BCUT2D eigenvalue weighted by Gasteiger charge is 2.36. The molecular formula is C15H20F3N3OS. The zero-order valence-electron chi connectivity index (χ0n) is 12.8. The van der Waals surface area contributed by atoms with Crippen LogP contribution in [-0.2, 0) is 11.0 Å². The molecular weight excluding hydrogens is 327 g/mol. The number of amides is 1. The van der Waals surface area contributed by atoms with Crippen LogP contribution in [0.1, 0.15) is 37.8 Å². The van der Waals surface area contributed by atoms with Crippen LogP contribution < -0.4 is 4.90 Å². The first kappa shape index (κ1) is 16.5. The predicted octanol–water partition coefficient (Wildman–Crippen LogP) is 3.39. The summed E-state index contributed by atoms with van der Waals surface area (Å²) in [6.45, 7) is 2.75. The Kier molecular flexibility index (Phi) is 4.79. The minimum absolute atomic E-state index is 0.125. The predicted molar refractivity (Wildman–Crippen MR) is 82.5 cm³/mol. The number of nitrogens with zero attached hydrogens (tertiary/aromatic N) is 3. The maximum Gasteiger partial charge on any atom is 0.434 e. The van der Waals surface area contributed by atoms with E-state index in [0.29, 0.717) is 18.2 Å². The molecule has 0 spiro atoms. The van der Waals surface area contributed by atoms with E-state index in [-0.39, 0.29) is 11.8 Å². The number of rotatable bonds is 2. The minimum Gasteiger partial charge on any atom is -0.347 e. The van der Waals surface area contributed by atoms with Gasteiger partial charge in [-0.3, -0.25) is 4.79 Å². The van der Waals surface area contributed by atoms with Gasteiger partial charge in [-0.15, -0.1) is 11.3 Å². The first-order valence-electron chi connectivity index (χ1n) is 8.01. The fourth-order valence-electron chi connectivity index (χ4n) is 3.26. The molecule has 128 valence electrons. The molecule has 2 aliphatic heterocycles. The van der Waals surface area contributed by atoms with E-state index in [0.717, 1.165) is 55.5 Å². The summed E-state index contributed by atoms with van der Waals surface area (Å²) < 4.78 is 38.0. The fraction of sp³-hybridized carbons (Fsp3) is 0.733. The maximum atomic E-state index is 12.7. The van der Waals surface area contributed by atoms with E-state index >= 15 is 0 Å². The van der Waals surface area contributed by atoms with E-state index in [2.05, 4.69) is 4.98 Å². The molecule has 3 rings (SSSR count). The molecule has 0 saturated carbocycles. The van der Waals surface area contributed by atoms with Gasteiger partial charge in [0.2, 0.25) is 5.91 Å². The molecule has 1 atom stereocenters. The number of aromatic nitrogens is 1. The van der Waals surface area contributed by atoms with Crippen LogP contribution in [0.4, 0.5) is 18.3 Å². The van der Waals surface area contributed by atoms with E-state index in [1.165, 1.54) is 6.42 Å². The van der Waals surface area contributed by atoms with Crippen molar-refractivity contribution in [1.29, 1.82) is 0 Å². The number of carbonyl (C=O) groups is 1. The highest BCUT2D eigenvalue weighted by Crippen LogP contribution is 2.34. The molecule has 1 aromatic rings. The second-order valence-corrected chi connectivity index (χ2v) is 7.02. The van der Waals surface area contributed by atoms with Gasteiger partial charge in [0.05, 0.1) is 5.92 Å². The molecule has 23 heavy (non-hydrogen) atoms. The van der Waals surface area contributed by atoms with Crippen LogP contribution in [0.25, 0.3) is 0 Å². The second-order valence-electron chi connectivity index (χ2n) is 6.18. The Hall–Kier alpha value is -1.31. The van der Waals surface area contributed by atoms with Gasteiger partial charge in [-0.2, -0.15) is 13.2 Å². The van der Waals surface area contributed by atoms with Gasteiger partial charge in [-0.25, -0.2) is 4.98 Å². The van der Waals surface area contributed by atoms with Gasteiger partial charge < -0.3 is 9.80 Å². The van der Waals surface area contributed by atoms with Gasteiger partial charge in [0.25, 0.3) is 0 Å². The third-order valence-electron chi connectivity index (χ3n) is 4.49. The van der Waals surface area contributed by atoms with E-state index in [4.69, 9.17) is 0 Å². The Labute approximate surface area is 137 Å². The normalized spacial score (nSPS) is 23.2. The molecule has 0 radical (unpaired) electrons. The average Bonchev–Trinajstić information content (AvgIpc) is 3.05. The molecule has 0 bridgehead atoms. The van der Waals surface area contributed by atoms with Gasteiger partial charge in [0.1, 0.15) is 0 Å². The van der Waals surface area contributed by atoms with Crippen LogP contribution in [-0.4, -0.2) is 42.0 Å². The number of thiazole rings is 1. The van der Waals surface area contributed by atoms with Gasteiger partial charge in [-0.05, 0) is 32.1 Å². The molecule has 3 heterocycles. The number of likely N-dealkylation sites (tertiary alicyclic amines) is 1. The molecule has 1 aromatic heterocycles. The fourth-order valence-corrected chi connectivity index (χ4v) is 4.13. The summed E-state index contributed by atoms with van der Waals surface area (Å²) in [7, 11) is 0. The molecule has 2 saturated heterocycles.